The van der Waals surface area contributed by atoms with Crippen molar-refractivity contribution in [1.82, 2.24) is 5.32 Å². The summed E-state index contributed by atoms with van der Waals surface area (Å²) < 4.78 is 5.03. The van der Waals surface area contributed by atoms with E-state index in [1.54, 1.807) is 7.11 Å². The van der Waals surface area contributed by atoms with Crippen LogP contribution in [0.5, 0.6) is 0 Å². The van der Waals surface area contributed by atoms with Gasteiger partial charge in [0.05, 0.1) is 0 Å². The number of rotatable bonds is 5. The Bertz CT molecular complexity index is 160. The molecule has 0 aromatic carbocycles. The molecule has 3 unspecified atom stereocenters. The van der Waals surface area contributed by atoms with E-state index in [1.807, 2.05) is 0 Å². The summed E-state index contributed by atoms with van der Waals surface area (Å²) in [5.74, 6) is 2.07. The Balaban J connectivity index is 1.60. The molecule has 2 fully saturated rings. The van der Waals surface area contributed by atoms with Crippen LogP contribution in [0.15, 0.2) is 0 Å². The predicted octanol–water partition coefficient (Wildman–Crippen LogP) is 1.80. The fourth-order valence-corrected chi connectivity index (χ4v) is 3.00. The SMILES string of the molecule is COCCCNC1CC2CCC1C2. The molecule has 2 rings (SSSR count). The molecule has 2 nitrogen and oxygen atoms in total. The highest BCUT2D eigenvalue weighted by Crippen LogP contribution is 2.44. The summed E-state index contributed by atoms with van der Waals surface area (Å²) in [6.07, 6.45) is 7.08. The third-order valence-electron chi connectivity index (χ3n) is 3.67. The van der Waals surface area contributed by atoms with Crippen LogP contribution in [0.2, 0.25) is 0 Å². The van der Waals surface area contributed by atoms with E-state index in [2.05, 4.69) is 5.32 Å². The maximum Gasteiger partial charge on any atom is 0.0474 e. The zero-order valence-corrected chi connectivity index (χ0v) is 8.59. The lowest BCUT2D eigenvalue weighted by atomic mass is 9.95. The number of fused-ring (bicyclic) bond motifs is 2. The molecule has 2 aliphatic rings. The van der Waals surface area contributed by atoms with Crippen molar-refractivity contribution in [3.8, 4) is 0 Å². The lowest BCUT2D eigenvalue weighted by molar-refractivity contribution is 0.191. The van der Waals surface area contributed by atoms with Gasteiger partial charge in [-0.2, -0.15) is 0 Å². The first-order valence-corrected chi connectivity index (χ1v) is 5.62. The van der Waals surface area contributed by atoms with E-state index in [0.29, 0.717) is 0 Å². The molecule has 1 N–H and O–H groups in total. The second kappa shape index (κ2) is 4.43. The normalized spacial score (nSPS) is 37.2. The molecule has 0 aromatic rings. The number of nitrogens with one attached hydrogen (secondary N) is 1. The van der Waals surface area contributed by atoms with Crippen molar-refractivity contribution >= 4 is 0 Å². The summed E-state index contributed by atoms with van der Waals surface area (Å²) in [7, 11) is 1.78. The van der Waals surface area contributed by atoms with E-state index < -0.39 is 0 Å². The van der Waals surface area contributed by atoms with Gasteiger partial charge in [-0.3, -0.25) is 0 Å². The Hall–Kier alpha value is -0.0800. The van der Waals surface area contributed by atoms with E-state index >= 15 is 0 Å². The number of ether oxygens (including phenoxy) is 1. The van der Waals surface area contributed by atoms with Crippen molar-refractivity contribution in [3.63, 3.8) is 0 Å². The van der Waals surface area contributed by atoms with Crippen LogP contribution >= 0.6 is 0 Å². The highest BCUT2D eigenvalue weighted by Gasteiger charge is 2.38. The molecular formula is C11H21NO. The average molecular weight is 183 g/mol. The Kier molecular flexibility index (Phi) is 3.23. The van der Waals surface area contributed by atoms with Crippen molar-refractivity contribution in [3.05, 3.63) is 0 Å². The summed E-state index contributed by atoms with van der Waals surface area (Å²) in [6, 6.07) is 0.843. The average Bonchev–Trinajstić information content (AvgIpc) is 2.73. The summed E-state index contributed by atoms with van der Waals surface area (Å²) in [5, 5.41) is 3.67. The van der Waals surface area contributed by atoms with E-state index in [-0.39, 0.29) is 0 Å². The lowest BCUT2D eigenvalue weighted by Gasteiger charge is -2.22. The summed E-state index contributed by atoms with van der Waals surface area (Å²) >= 11 is 0. The topological polar surface area (TPSA) is 21.3 Å². The van der Waals surface area contributed by atoms with Crippen LogP contribution in [0.25, 0.3) is 0 Å². The second-order valence-corrected chi connectivity index (χ2v) is 4.58. The zero-order chi connectivity index (χ0) is 9.10. The van der Waals surface area contributed by atoms with Gasteiger partial charge in [0.2, 0.25) is 0 Å². The molecule has 2 saturated carbocycles. The van der Waals surface area contributed by atoms with Crippen LogP contribution in [-0.4, -0.2) is 26.3 Å². The van der Waals surface area contributed by atoms with Gasteiger partial charge in [-0.1, -0.05) is 6.42 Å². The van der Waals surface area contributed by atoms with E-state index in [0.717, 1.165) is 37.5 Å². The molecule has 0 radical (unpaired) electrons. The van der Waals surface area contributed by atoms with Gasteiger partial charge in [0.1, 0.15) is 0 Å². The van der Waals surface area contributed by atoms with Crippen LogP contribution in [0.1, 0.15) is 32.1 Å². The van der Waals surface area contributed by atoms with Gasteiger partial charge >= 0.3 is 0 Å². The molecule has 2 aliphatic carbocycles. The standard InChI is InChI=1S/C11H21NO/c1-13-6-2-5-12-11-8-9-3-4-10(11)7-9/h9-12H,2-8H2,1H3. The van der Waals surface area contributed by atoms with Crippen LogP contribution in [0.4, 0.5) is 0 Å². The summed E-state index contributed by atoms with van der Waals surface area (Å²) in [4.78, 5) is 0. The van der Waals surface area contributed by atoms with Gasteiger partial charge in [-0.15, -0.1) is 0 Å². The number of methoxy groups -OCH3 is 1. The van der Waals surface area contributed by atoms with E-state index in [9.17, 15) is 0 Å². The Morgan fingerprint density at radius 1 is 1.31 bits per heavy atom. The molecule has 0 aromatic heterocycles. The molecule has 13 heavy (non-hydrogen) atoms. The molecule has 0 saturated heterocycles. The van der Waals surface area contributed by atoms with Crippen molar-refractivity contribution < 1.29 is 4.74 Å². The monoisotopic (exact) mass is 183 g/mol. The first kappa shape index (κ1) is 9.47. The summed E-state index contributed by atoms with van der Waals surface area (Å²) in [6.45, 7) is 2.04. The highest BCUT2D eigenvalue weighted by atomic mass is 16.5. The first-order chi connectivity index (χ1) is 6.40. The minimum Gasteiger partial charge on any atom is -0.385 e. The van der Waals surface area contributed by atoms with E-state index in [4.69, 9.17) is 4.74 Å². The van der Waals surface area contributed by atoms with Crippen molar-refractivity contribution in [1.29, 1.82) is 0 Å². The van der Waals surface area contributed by atoms with Gasteiger partial charge in [0, 0.05) is 19.8 Å². The van der Waals surface area contributed by atoms with Crippen LogP contribution in [-0.2, 0) is 4.74 Å². The van der Waals surface area contributed by atoms with Gasteiger partial charge < -0.3 is 10.1 Å². The maximum absolute atomic E-state index is 5.03. The molecule has 0 heterocycles. The summed E-state index contributed by atoms with van der Waals surface area (Å²) in [5.41, 5.74) is 0. The van der Waals surface area contributed by atoms with Crippen molar-refractivity contribution in [2.75, 3.05) is 20.3 Å². The Morgan fingerprint density at radius 3 is 2.85 bits per heavy atom. The largest absolute Gasteiger partial charge is 0.385 e. The molecule has 3 atom stereocenters. The Labute approximate surface area is 81.0 Å². The molecule has 2 heteroatoms. The molecule has 76 valence electrons. The van der Waals surface area contributed by atoms with Gasteiger partial charge in [0.25, 0.3) is 0 Å². The zero-order valence-electron chi connectivity index (χ0n) is 8.59. The minimum absolute atomic E-state index is 0.843. The first-order valence-electron chi connectivity index (χ1n) is 5.62. The molecule has 0 spiro atoms. The molecular weight excluding hydrogens is 162 g/mol. The predicted molar refractivity (Wildman–Crippen MR) is 53.7 cm³/mol. The van der Waals surface area contributed by atoms with Crippen LogP contribution < -0.4 is 5.32 Å². The van der Waals surface area contributed by atoms with Crippen molar-refractivity contribution in [2.45, 2.75) is 38.1 Å². The van der Waals surface area contributed by atoms with Gasteiger partial charge in [-0.25, -0.2) is 0 Å². The molecule has 0 amide bonds. The number of hydrogen-bond acceptors (Lipinski definition) is 2. The highest BCUT2D eigenvalue weighted by molar-refractivity contribution is 4.93. The maximum atomic E-state index is 5.03. The quantitative estimate of drug-likeness (QED) is 0.656. The van der Waals surface area contributed by atoms with Crippen LogP contribution in [0.3, 0.4) is 0 Å². The van der Waals surface area contributed by atoms with Crippen LogP contribution in [0, 0.1) is 11.8 Å². The fraction of sp³-hybridized carbons (Fsp3) is 1.00. The Morgan fingerprint density at radius 2 is 2.23 bits per heavy atom. The second-order valence-electron chi connectivity index (χ2n) is 4.58. The third-order valence-corrected chi connectivity index (χ3v) is 3.67. The lowest BCUT2D eigenvalue weighted by Crippen LogP contribution is -2.34. The van der Waals surface area contributed by atoms with Gasteiger partial charge in [-0.05, 0) is 44.1 Å². The third kappa shape index (κ3) is 2.23. The smallest absolute Gasteiger partial charge is 0.0474 e. The van der Waals surface area contributed by atoms with Gasteiger partial charge in [0.15, 0.2) is 0 Å². The number of hydrogen-bond donors (Lipinski definition) is 1. The molecule has 0 aliphatic heterocycles. The molecule has 2 bridgehead atoms. The van der Waals surface area contributed by atoms with E-state index in [1.165, 1.54) is 25.7 Å². The fourth-order valence-electron chi connectivity index (χ4n) is 3.00. The minimum atomic E-state index is 0.843. The van der Waals surface area contributed by atoms with Crippen molar-refractivity contribution in [2.24, 2.45) is 11.8 Å².